The molecule has 2 amide bonds. The van der Waals surface area contributed by atoms with Gasteiger partial charge >= 0.3 is 0 Å². The Morgan fingerprint density at radius 3 is 2.41 bits per heavy atom. The van der Waals surface area contributed by atoms with Crippen molar-refractivity contribution < 1.29 is 14.3 Å². The van der Waals surface area contributed by atoms with Crippen LogP contribution >= 0.6 is 11.8 Å². The first-order chi connectivity index (χ1) is 15.5. The lowest BCUT2D eigenvalue weighted by atomic mass is 10.2. The maximum Gasteiger partial charge on any atom is 0.293 e. The quantitative estimate of drug-likeness (QED) is 0.410. The van der Waals surface area contributed by atoms with E-state index in [1.54, 1.807) is 0 Å². The van der Waals surface area contributed by atoms with E-state index >= 15 is 0 Å². The molecule has 1 aromatic heterocycles. The van der Waals surface area contributed by atoms with E-state index in [0.29, 0.717) is 18.1 Å². The number of carbonyl (C=O) groups is 2. The van der Waals surface area contributed by atoms with Crippen molar-refractivity contribution in [1.29, 1.82) is 0 Å². The first-order valence-corrected chi connectivity index (χ1v) is 11.5. The van der Waals surface area contributed by atoms with Crippen molar-refractivity contribution in [1.82, 2.24) is 9.47 Å². The second-order valence-electron chi connectivity index (χ2n) is 7.76. The van der Waals surface area contributed by atoms with Crippen molar-refractivity contribution in [3.8, 4) is 11.4 Å². The van der Waals surface area contributed by atoms with Gasteiger partial charge in [-0.1, -0.05) is 37.3 Å². The fraction of sp³-hybridized carbons (Fsp3) is 0.231. The van der Waals surface area contributed by atoms with Crippen molar-refractivity contribution in [3.63, 3.8) is 0 Å². The molecule has 0 spiro atoms. The summed E-state index contributed by atoms with van der Waals surface area (Å²) in [6.07, 6.45) is 2.58. The van der Waals surface area contributed by atoms with Crippen LogP contribution in [0.5, 0.6) is 5.75 Å². The van der Waals surface area contributed by atoms with Crippen LogP contribution < -0.4 is 4.74 Å². The van der Waals surface area contributed by atoms with Gasteiger partial charge in [0.25, 0.3) is 11.1 Å². The van der Waals surface area contributed by atoms with Gasteiger partial charge in [0, 0.05) is 23.6 Å². The summed E-state index contributed by atoms with van der Waals surface area (Å²) in [5.74, 6) is 0.608. The number of imide groups is 1. The van der Waals surface area contributed by atoms with Gasteiger partial charge < -0.3 is 9.30 Å². The second-order valence-corrected chi connectivity index (χ2v) is 8.76. The molecule has 6 heteroatoms. The summed E-state index contributed by atoms with van der Waals surface area (Å²) in [6.45, 7) is 7.00. The lowest BCUT2D eigenvalue weighted by molar-refractivity contribution is -0.122. The first-order valence-electron chi connectivity index (χ1n) is 10.7. The minimum atomic E-state index is -0.202. The van der Waals surface area contributed by atoms with Crippen LogP contribution in [0.2, 0.25) is 0 Å². The lowest BCUT2D eigenvalue weighted by Gasteiger charge is -2.12. The standard InChI is InChI=1S/C26H26N2O3S/c1-4-14-27-25(29)24(32-26(27)30)16-21-15-18(2)28(19(21)3)22-10-12-23(13-11-22)31-17-20-8-6-5-7-9-20/h5-13,15-16H,4,14,17H2,1-3H3/b24-16+. The zero-order valence-corrected chi connectivity index (χ0v) is 19.3. The number of rotatable bonds is 7. The van der Waals surface area contributed by atoms with Gasteiger partial charge in [0.2, 0.25) is 0 Å². The topological polar surface area (TPSA) is 51.5 Å². The number of hydrogen-bond acceptors (Lipinski definition) is 4. The normalized spacial score (nSPS) is 15.1. The number of hydrogen-bond donors (Lipinski definition) is 0. The highest BCUT2D eigenvalue weighted by molar-refractivity contribution is 8.18. The van der Waals surface area contributed by atoms with Crippen LogP contribution in [-0.4, -0.2) is 27.2 Å². The smallest absolute Gasteiger partial charge is 0.293 e. The Kier molecular flexibility index (Phi) is 6.51. The summed E-state index contributed by atoms with van der Waals surface area (Å²) >= 11 is 1.01. The molecule has 0 bridgehead atoms. The maximum atomic E-state index is 12.6. The first kappa shape index (κ1) is 22.0. The van der Waals surface area contributed by atoms with Gasteiger partial charge in [-0.15, -0.1) is 0 Å². The summed E-state index contributed by atoms with van der Waals surface area (Å²) in [6, 6.07) is 20.1. The number of thioether (sulfide) groups is 1. The van der Waals surface area contributed by atoms with Crippen LogP contribution in [0.15, 0.2) is 65.6 Å². The molecule has 4 rings (SSSR count). The molecule has 0 N–H and O–H groups in total. The Hall–Kier alpha value is -3.25. The van der Waals surface area contributed by atoms with Crippen LogP contribution in [-0.2, 0) is 11.4 Å². The number of nitrogens with zero attached hydrogens (tertiary/aromatic N) is 2. The lowest BCUT2D eigenvalue weighted by Crippen LogP contribution is -2.28. The molecule has 0 aliphatic carbocycles. The van der Waals surface area contributed by atoms with Gasteiger partial charge in [-0.05, 0) is 79.6 Å². The van der Waals surface area contributed by atoms with E-state index in [0.717, 1.165) is 52.1 Å². The molecule has 0 saturated carbocycles. The van der Waals surface area contributed by atoms with E-state index in [1.807, 2.05) is 87.5 Å². The molecule has 0 radical (unpaired) electrons. The molecule has 164 valence electrons. The predicted molar refractivity (Wildman–Crippen MR) is 129 cm³/mol. The molecular formula is C26H26N2O3S. The van der Waals surface area contributed by atoms with Crippen molar-refractivity contribution in [2.24, 2.45) is 0 Å². The van der Waals surface area contributed by atoms with Crippen LogP contribution in [0.1, 0.15) is 35.9 Å². The van der Waals surface area contributed by atoms with E-state index < -0.39 is 0 Å². The van der Waals surface area contributed by atoms with Crippen molar-refractivity contribution in [2.45, 2.75) is 33.8 Å². The number of aryl methyl sites for hydroxylation is 1. The minimum absolute atomic E-state index is 0.192. The van der Waals surface area contributed by atoms with Crippen LogP contribution in [0.3, 0.4) is 0 Å². The summed E-state index contributed by atoms with van der Waals surface area (Å²) in [4.78, 5) is 26.5. The summed E-state index contributed by atoms with van der Waals surface area (Å²) in [5, 5.41) is -0.192. The molecule has 1 aliphatic heterocycles. The number of ether oxygens (including phenoxy) is 1. The Morgan fingerprint density at radius 2 is 1.72 bits per heavy atom. The zero-order chi connectivity index (χ0) is 22.7. The van der Waals surface area contributed by atoms with Gasteiger partial charge in [-0.3, -0.25) is 14.5 Å². The molecule has 1 fully saturated rings. The zero-order valence-electron chi connectivity index (χ0n) is 18.5. The molecule has 2 heterocycles. The highest BCUT2D eigenvalue weighted by atomic mass is 32.2. The fourth-order valence-electron chi connectivity index (χ4n) is 3.82. The molecule has 5 nitrogen and oxygen atoms in total. The highest BCUT2D eigenvalue weighted by Gasteiger charge is 2.34. The van der Waals surface area contributed by atoms with Crippen molar-refractivity contribution in [2.75, 3.05) is 6.54 Å². The van der Waals surface area contributed by atoms with Crippen LogP contribution in [0, 0.1) is 13.8 Å². The van der Waals surface area contributed by atoms with E-state index in [1.165, 1.54) is 4.90 Å². The molecule has 0 atom stereocenters. The average molecular weight is 447 g/mol. The number of benzene rings is 2. The molecule has 3 aromatic rings. The van der Waals surface area contributed by atoms with Crippen LogP contribution in [0.25, 0.3) is 11.8 Å². The molecule has 2 aromatic carbocycles. The summed E-state index contributed by atoms with van der Waals surface area (Å²) in [7, 11) is 0. The van der Waals surface area contributed by atoms with Gasteiger partial charge in [-0.25, -0.2) is 0 Å². The monoisotopic (exact) mass is 446 g/mol. The summed E-state index contributed by atoms with van der Waals surface area (Å²) < 4.78 is 8.04. The number of amides is 2. The van der Waals surface area contributed by atoms with E-state index in [4.69, 9.17) is 4.74 Å². The SMILES string of the molecule is CCCN1C(=O)S/C(=C/c2cc(C)n(-c3ccc(OCc4ccccc4)cc3)c2C)C1=O. The highest BCUT2D eigenvalue weighted by Crippen LogP contribution is 2.34. The van der Waals surface area contributed by atoms with E-state index in [9.17, 15) is 9.59 Å². The largest absolute Gasteiger partial charge is 0.489 e. The third-order valence-corrected chi connectivity index (χ3v) is 6.33. The Bertz CT molecular complexity index is 1160. The number of aromatic nitrogens is 1. The maximum absolute atomic E-state index is 12.6. The third-order valence-electron chi connectivity index (χ3n) is 5.42. The number of carbonyl (C=O) groups excluding carboxylic acids is 2. The Labute approximate surface area is 192 Å². The summed E-state index contributed by atoms with van der Waals surface area (Å²) in [5.41, 5.74) is 5.16. The molecule has 0 unspecified atom stereocenters. The minimum Gasteiger partial charge on any atom is -0.489 e. The van der Waals surface area contributed by atoms with Gasteiger partial charge in [0.05, 0.1) is 4.91 Å². The van der Waals surface area contributed by atoms with E-state index in [-0.39, 0.29) is 11.1 Å². The third kappa shape index (κ3) is 4.50. The van der Waals surface area contributed by atoms with Gasteiger partial charge in [0.15, 0.2) is 0 Å². The molecular weight excluding hydrogens is 420 g/mol. The van der Waals surface area contributed by atoms with Crippen LogP contribution in [0.4, 0.5) is 4.79 Å². The van der Waals surface area contributed by atoms with Gasteiger partial charge in [-0.2, -0.15) is 0 Å². The Balaban J connectivity index is 1.53. The van der Waals surface area contributed by atoms with E-state index in [2.05, 4.69) is 4.57 Å². The van der Waals surface area contributed by atoms with Gasteiger partial charge in [0.1, 0.15) is 12.4 Å². The average Bonchev–Trinajstić information content (AvgIpc) is 3.23. The van der Waals surface area contributed by atoms with Crippen molar-refractivity contribution >= 4 is 29.0 Å². The Morgan fingerprint density at radius 1 is 1.00 bits per heavy atom. The fourth-order valence-corrected chi connectivity index (χ4v) is 4.68. The van der Waals surface area contributed by atoms with Crippen molar-refractivity contribution in [3.05, 3.63) is 88.1 Å². The molecule has 32 heavy (non-hydrogen) atoms. The second kappa shape index (κ2) is 9.49. The predicted octanol–water partition coefficient (Wildman–Crippen LogP) is 6.12. The molecule has 1 saturated heterocycles. The molecule has 1 aliphatic rings.